The number of benzene rings is 1. The number of nitrogens with one attached hydrogen (secondary N) is 1. The van der Waals surface area contributed by atoms with Gasteiger partial charge in [0.05, 0.1) is 5.52 Å². The molecule has 14 heavy (non-hydrogen) atoms. The minimum Gasteiger partial charge on any atom is -0.308 e. The highest BCUT2D eigenvalue weighted by Gasteiger charge is 2.01. The van der Waals surface area contributed by atoms with Gasteiger partial charge < -0.3 is 5.43 Å². The van der Waals surface area contributed by atoms with Gasteiger partial charge in [0, 0.05) is 5.39 Å². The molecule has 0 saturated heterocycles. The fraction of sp³-hybridized carbons (Fsp3) is 0.182. The lowest BCUT2D eigenvalue weighted by atomic mass is 10.1. The van der Waals surface area contributed by atoms with Crippen LogP contribution in [0.1, 0.15) is 11.1 Å². The lowest BCUT2D eigenvalue weighted by Gasteiger charge is -2.06. The van der Waals surface area contributed by atoms with Gasteiger partial charge in [0.2, 0.25) is 0 Å². The van der Waals surface area contributed by atoms with Crippen LogP contribution >= 0.6 is 0 Å². The molecular weight excluding hydrogens is 174 g/mol. The zero-order chi connectivity index (χ0) is 10.1. The number of aromatic nitrogens is 1. The van der Waals surface area contributed by atoms with Gasteiger partial charge in [-0.25, -0.2) is 10.8 Å². The van der Waals surface area contributed by atoms with Crippen molar-refractivity contribution in [1.29, 1.82) is 0 Å². The van der Waals surface area contributed by atoms with Crippen molar-refractivity contribution in [2.75, 3.05) is 5.43 Å². The minimum atomic E-state index is 0.739. The Balaban J connectivity index is 2.73. The van der Waals surface area contributed by atoms with Crippen molar-refractivity contribution < 1.29 is 0 Å². The maximum absolute atomic E-state index is 5.37. The summed E-state index contributed by atoms with van der Waals surface area (Å²) in [6.45, 7) is 4.04. The third-order valence-electron chi connectivity index (χ3n) is 2.30. The fourth-order valence-corrected chi connectivity index (χ4v) is 1.53. The zero-order valence-electron chi connectivity index (χ0n) is 8.33. The van der Waals surface area contributed by atoms with Crippen LogP contribution in [0.5, 0.6) is 0 Å². The van der Waals surface area contributed by atoms with Gasteiger partial charge in [0.15, 0.2) is 0 Å². The smallest absolute Gasteiger partial charge is 0.143 e. The SMILES string of the molecule is Cc1ccc2cc(C)c(NN)nc2c1. The highest BCUT2D eigenvalue weighted by molar-refractivity contribution is 5.82. The number of hydrazine groups is 1. The number of nitrogens with zero attached hydrogens (tertiary/aromatic N) is 1. The van der Waals surface area contributed by atoms with E-state index in [-0.39, 0.29) is 0 Å². The first-order valence-electron chi connectivity index (χ1n) is 4.55. The van der Waals surface area contributed by atoms with Crippen LogP contribution in [0.3, 0.4) is 0 Å². The average molecular weight is 187 g/mol. The Kier molecular flexibility index (Phi) is 2.09. The summed E-state index contributed by atoms with van der Waals surface area (Å²) in [5, 5.41) is 1.15. The van der Waals surface area contributed by atoms with Crippen LogP contribution in [0, 0.1) is 13.8 Å². The number of hydrogen-bond acceptors (Lipinski definition) is 3. The molecule has 3 N–H and O–H groups in total. The molecular formula is C11H13N3. The van der Waals surface area contributed by atoms with Gasteiger partial charge in [-0.1, -0.05) is 12.1 Å². The lowest BCUT2D eigenvalue weighted by Crippen LogP contribution is -2.10. The summed E-state index contributed by atoms with van der Waals surface area (Å²) in [5.74, 6) is 6.11. The van der Waals surface area contributed by atoms with Crippen LogP contribution < -0.4 is 11.3 Å². The van der Waals surface area contributed by atoms with Crippen molar-refractivity contribution in [2.45, 2.75) is 13.8 Å². The Labute approximate surface area is 82.9 Å². The predicted octanol–water partition coefficient (Wildman–Crippen LogP) is 2.14. The van der Waals surface area contributed by atoms with E-state index in [4.69, 9.17) is 5.84 Å². The highest BCUT2D eigenvalue weighted by atomic mass is 15.2. The van der Waals surface area contributed by atoms with Crippen molar-refractivity contribution in [3.05, 3.63) is 35.4 Å². The second-order valence-corrected chi connectivity index (χ2v) is 3.49. The van der Waals surface area contributed by atoms with Crippen molar-refractivity contribution in [3.63, 3.8) is 0 Å². The minimum absolute atomic E-state index is 0.739. The number of aryl methyl sites for hydroxylation is 2. The Hall–Kier alpha value is -1.61. The van der Waals surface area contributed by atoms with Gasteiger partial charge in [0.1, 0.15) is 5.82 Å². The molecule has 3 heteroatoms. The molecule has 0 aliphatic heterocycles. The molecule has 0 radical (unpaired) electrons. The van der Waals surface area contributed by atoms with E-state index in [9.17, 15) is 0 Å². The Bertz CT molecular complexity index is 477. The molecule has 2 aromatic rings. The first kappa shape index (κ1) is 8.97. The molecule has 0 aliphatic carbocycles. The third kappa shape index (κ3) is 1.42. The van der Waals surface area contributed by atoms with Crippen LogP contribution in [-0.2, 0) is 0 Å². The second kappa shape index (κ2) is 3.27. The Morgan fingerprint density at radius 3 is 2.71 bits per heavy atom. The van der Waals surface area contributed by atoms with Crippen LogP contribution in [0.15, 0.2) is 24.3 Å². The summed E-state index contributed by atoms with van der Waals surface area (Å²) in [6.07, 6.45) is 0. The molecule has 3 nitrogen and oxygen atoms in total. The molecule has 0 unspecified atom stereocenters. The fourth-order valence-electron chi connectivity index (χ4n) is 1.53. The van der Waals surface area contributed by atoms with E-state index in [0.717, 1.165) is 22.3 Å². The number of nitrogens with two attached hydrogens (primary N) is 1. The molecule has 0 aliphatic rings. The molecule has 0 fully saturated rings. The van der Waals surface area contributed by atoms with Crippen LogP contribution in [0.25, 0.3) is 10.9 Å². The van der Waals surface area contributed by atoms with Crippen molar-refractivity contribution in [2.24, 2.45) is 5.84 Å². The van der Waals surface area contributed by atoms with Crippen LogP contribution in [-0.4, -0.2) is 4.98 Å². The highest BCUT2D eigenvalue weighted by Crippen LogP contribution is 2.19. The van der Waals surface area contributed by atoms with Crippen molar-refractivity contribution in [1.82, 2.24) is 4.98 Å². The molecule has 72 valence electrons. The number of nitrogen functional groups attached to an aromatic ring is 1. The van der Waals surface area contributed by atoms with Crippen molar-refractivity contribution in [3.8, 4) is 0 Å². The van der Waals surface area contributed by atoms with Gasteiger partial charge in [-0.15, -0.1) is 0 Å². The largest absolute Gasteiger partial charge is 0.308 e. The van der Waals surface area contributed by atoms with E-state index in [1.165, 1.54) is 5.56 Å². The van der Waals surface area contributed by atoms with Gasteiger partial charge in [-0.05, 0) is 37.1 Å². The van der Waals surface area contributed by atoms with E-state index < -0.39 is 0 Å². The van der Waals surface area contributed by atoms with E-state index in [1.807, 2.05) is 6.92 Å². The average Bonchev–Trinajstić information content (AvgIpc) is 2.17. The van der Waals surface area contributed by atoms with Crippen molar-refractivity contribution >= 4 is 16.7 Å². The molecule has 2 rings (SSSR count). The van der Waals surface area contributed by atoms with E-state index in [2.05, 4.69) is 41.6 Å². The Morgan fingerprint density at radius 1 is 1.21 bits per heavy atom. The quantitative estimate of drug-likeness (QED) is 0.531. The molecule has 0 saturated carbocycles. The summed E-state index contributed by atoms with van der Waals surface area (Å²) in [6, 6.07) is 8.29. The zero-order valence-corrected chi connectivity index (χ0v) is 8.33. The maximum atomic E-state index is 5.37. The number of fused-ring (bicyclic) bond motifs is 1. The van der Waals surface area contributed by atoms with E-state index in [1.54, 1.807) is 0 Å². The summed E-state index contributed by atoms with van der Waals surface area (Å²) in [4.78, 5) is 4.42. The molecule has 0 bridgehead atoms. The molecule has 1 heterocycles. The number of anilines is 1. The standard InChI is InChI=1S/C11H13N3/c1-7-3-4-9-6-8(2)11(14-12)13-10(9)5-7/h3-6H,12H2,1-2H3,(H,13,14). The van der Waals surface area contributed by atoms with Gasteiger partial charge in [-0.3, -0.25) is 0 Å². The molecule has 0 spiro atoms. The monoisotopic (exact) mass is 187 g/mol. The van der Waals surface area contributed by atoms with Gasteiger partial charge >= 0.3 is 0 Å². The molecule has 1 aromatic carbocycles. The first-order valence-corrected chi connectivity index (χ1v) is 4.55. The van der Waals surface area contributed by atoms with Crippen LogP contribution in [0.4, 0.5) is 5.82 Å². The lowest BCUT2D eigenvalue weighted by molar-refractivity contribution is 1.22. The van der Waals surface area contributed by atoms with E-state index in [0.29, 0.717) is 0 Å². The molecule has 1 aromatic heterocycles. The summed E-state index contributed by atoms with van der Waals surface area (Å²) in [7, 11) is 0. The summed E-state index contributed by atoms with van der Waals surface area (Å²) < 4.78 is 0. The predicted molar refractivity (Wildman–Crippen MR) is 59.0 cm³/mol. The first-order chi connectivity index (χ1) is 6.70. The topological polar surface area (TPSA) is 50.9 Å². The van der Waals surface area contributed by atoms with E-state index >= 15 is 0 Å². The second-order valence-electron chi connectivity index (χ2n) is 3.49. The normalized spacial score (nSPS) is 10.5. The third-order valence-corrected chi connectivity index (χ3v) is 2.30. The Morgan fingerprint density at radius 2 is 2.00 bits per heavy atom. The number of pyridine rings is 1. The number of rotatable bonds is 1. The number of hydrogen-bond donors (Lipinski definition) is 2. The summed E-state index contributed by atoms with van der Waals surface area (Å²) in [5.41, 5.74) is 5.84. The van der Waals surface area contributed by atoms with Crippen LogP contribution in [0.2, 0.25) is 0 Å². The molecule has 0 amide bonds. The molecule has 0 atom stereocenters. The van der Waals surface area contributed by atoms with Gasteiger partial charge in [0.25, 0.3) is 0 Å². The maximum Gasteiger partial charge on any atom is 0.143 e. The summed E-state index contributed by atoms with van der Waals surface area (Å²) >= 11 is 0. The van der Waals surface area contributed by atoms with Gasteiger partial charge in [-0.2, -0.15) is 0 Å².